The number of esters is 1. The molecule has 118 valence electrons. The summed E-state index contributed by atoms with van der Waals surface area (Å²) in [6, 6.07) is 4.62. The lowest BCUT2D eigenvalue weighted by molar-refractivity contribution is 0.0532. The summed E-state index contributed by atoms with van der Waals surface area (Å²) >= 11 is 1.07. The molecule has 3 rings (SSSR count). The summed E-state index contributed by atoms with van der Waals surface area (Å²) in [6.45, 7) is 1.95. The summed E-state index contributed by atoms with van der Waals surface area (Å²) in [5.74, 6) is -2.30. The molecule has 0 radical (unpaired) electrons. The number of thiazole rings is 1. The van der Waals surface area contributed by atoms with Gasteiger partial charge in [-0.15, -0.1) is 11.3 Å². The van der Waals surface area contributed by atoms with E-state index in [0.29, 0.717) is 15.4 Å². The number of hydrogen-bond donors (Lipinski definition) is 1. The van der Waals surface area contributed by atoms with Gasteiger partial charge in [-0.05, 0) is 25.1 Å². The first kappa shape index (κ1) is 15.4. The Morgan fingerprint density at radius 3 is 2.78 bits per heavy atom. The van der Waals surface area contributed by atoms with Gasteiger partial charge in [0.05, 0.1) is 12.8 Å². The van der Waals surface area contributed by atoms with Crippen molar-refractivity contribution >= 4 is 28.1 Å². The minimum absolute atomic E-state index is 0.0772. The molecule has 0 aliphatic rings. The van der Waals surface area contributed by atoms with Gasteiger partial charge in [0.25, 0.3) is 0 Å². The number of rotatable bonds is 3. The third-order valence-electron chi connectivity index (χ3n) is 3.19. The monoisotopic (exact) mass is 335 g/mol. The zero-order valence-electron chi connectivity index (χ0n) is 12.0. The van der Waals surface area contributed by atoms with Crippen LogP contribution in [0.4, 0.5) is 8.78 Å². The maximum Gasteiger partial charge on any atom is 0.349 e. The molecule has 0 amide bonds. The molecule has 23 heavy (non-hydrogen) atoms. The lowest BCUT2D eigenvalue weighted by atomic mass is 10.1. The Morgan fingerprint density at radius 1 is 1.26 bits per heavy atom. The summed E-state index contributed by atoms with van der Waals surface area (Å²) in [7, 11) is 0. The molecule has 1 N–H and O–H groups in total. The normalized spacial score (nSPS) is 10.9. The van der Waals surface area contributed by atoms with E-state index in [4.69, 9.17) is 4.74 Å². The van der Waals surface area contributed by atoms with Crippen LogP contribution in [0.3, 0.4) is 0 Å². The third-order valence-corrected chi connectivity index (χ3v) is 4.22. The van der Waals surface area contributed by atoms with Crippen LogP contribution in [0.5, 0.6) is 5.75 Å². The molecule has 4 nitrogen and oxygen atoms in total. The summed E-state index contributed by atoms with van der Waals surface area (Å²) < 4.78 is 32.1. The van der Waals surface area contributed by atoms with E-state index < -0.39 is 17.6 Å². The Balaban J connectivity index is 2.09. The highest BCUT2D eigenvalue weighted by Gasteiger charge is 2.15. The van der Waals surface area contributed by atoms with E-state index in [1.54, 1.807) is 6.92 Å². The van der Waals surface area contributed by atoms with Gasteiger partial charge >= 0.3 is 5.97 Å². The standard InChI is InChI=1S/C16H11F2NO3S/c1-2-22-16(21)14-7-19-15(23-14)8-3-10-11(13(20)4-8)5-9(17)6-12(10)18/h3-7,20H,2H2,1H3. The Kier molecular flexibility index (Phi) is 3.96. The zero-order chi connectivity index (χ0) is 16.6. The number of hydrogen-bond acceptors (Lipinski definition) is 5. The first-order valence-corrected chi connectivity index (χ1v) is 7.56. The van der Waals surface area contributed by atoms with Gasteiger partial charge in [0.15, 0.2) is 0 Å². The quantitative estimate of drug-likeness (QED) is 0.731. The number of benzene rings is 2. The number of fused-ring (bicyclic) bond motifs is 1. The van der Waals surface area contributed by atoms with Gasteiger partial charge in [-0.25, -0.2) is 18.6 Å². The van der Waals surface area contributed by atoms with Crippen molar-refractivity contribution in [2.24, 2.45) is 0 Å². The van der Waals surface area contributed by atoms with Crippen LogP contribution in [-0.4, -0.2) is 22.7 Å². The predicted octanol–water partition coefficient (Wildman–Crippen LogP) is 4.12. The van der Waals surface area contributed by atoms with Gasteiger partial charge in [0.1, 0.15) is 27.3 Å². The van der Waals surface area contributed by atoms with Gasteiger partial charge in [-0.3, -0.25) is 0 Å². The molecule has 7 heteroatoms. The summed E-state index contributed by atoms with van der Waals surface area (Å²) in [4.78, 5) is 16.1. The van der Waals surface area contributed by atoms with Gasteiger partial charge in [0, 0.05) is 22.4 Å². The first-order chi connectivity index (χ1) is 11.0. The van der Waals surface area contributed by atoms with Crippen LogP contribution < -0.4 is 0 Å². The summed E-state index contributed by atoms with van der Waals surface area (Å²) in [5.41, 5.74) is 0.432. The molecule has 0 aliphatic carbocycles. The van der Waals surface area contributed by atoms with Gasteiger partial charge in [-0.1, -0.05) is 0 Å². The van der Waals surface area contributed by atoms with Crippen molar-refractivity contribution in [3.8, 4) is 16.3 Å². The number of aromatic nitrogens is 1. The highest BCUT2D eigenvalue weighted by Crippen LogP contribution is 2.35. The van der Waals surface area contributed by atoms with E-state index in [1.165, 1.54) is 18.3 Å². The van der Waals surface area contributed by atoms with Crippen LogP contribution in [0.2, 0.25) is 0 Å². The molecular weight excluding hydrogens is 324 g/mol. The van der Waals surface area contributed by atoms with Crippen LogP contribution in [0, 0.1) is 11.6 Å². The largest absolute Gasteiger partial charge is 0.507 e. The molecule has 0 spiro atoms. The number of aromatic hydroxyl groups is 1. The number of ether oxygens (including phenoxy) is 1. The fraction of sp³-hybridized carbons (Fsp3) is 0.125. The van der Waals surface area contributed by atoms with Crippen molar-refractivity contribution in [3.63, 3.8) is 0 Å². The molecule has 0 unspecified atom stereocenters. The van der Waals surface area contributed by atoms with Gasteiger partial charge < -0.3 is 9.84 Å². The van der Waals surface area contributed by atoms with Crippen LogP contribution in [-0.2, 0) is 4.74 Å². The van der Waals surface area contributed by atoms with Crippen molar-refractivity contribution in [2.75, 3.05) is 6.61 Å². The Hall–Kier alpha value is -2.54. The second-order valence-electron chi connectivity index (χ2n) is 4.73. The van der Waals surface area contributed by atoms with E-state index in [9.17, 15) is 18.7 Å². The molecule has 1 aromatic heterocycles. The first-order valence-electron chi connectivity index (χ1n) is 6.74. The molecule has 0 saturated carbocycles. The fourth-order valence-corrected chi connectivity index (χ4v) is 2.99. The van der Waals surface area contributed by atoms with Crippen molar-refractivity contribution < 1.29 is 23.4 Å². The molecular formula is C16H11F2NO3S. The molecule has 3 aromatic rings. The van der Waals surface area contributed by atoms with Crippen molar-refractivity contribution in [1.82, 2.24) is 4.98 Å². The number of nitrogens with zero attached hydrogens (tertiary/aromatic N) is 1. The van der Waals surface area contributed by atoms with Crippen LogP contribution in [0.15, 0.2) is 30.5 Å². The average molecular weight is 335 g/mol. The van der Waals surface area contributed by atoms with Crippen LogP contribution in [0.1, 0.15) is 16.6 Å². The molecule has 0 fully saturated rings. The van der Waals surface area contributed by atoms with Crippen molar-refractivity contribution in [2.45, 2.75) is 6.92 Å². The van der Waals surface area contributed by atoms with Crippen molar-refractivity contribution in [1.29, 1.82) is 0 Å². The molecule has 0 bridgehead atoms. The molecule has 0 atom stereocenters. The topological polar surface area (TPSA) is 59.4 Å². The summed E-state index contributed by atoms with van der Waals surface area (Å²) in [6.07, 6.45) is 1.36. The van der Waals surface area contributed by atoms with Crippen LogP contribution >= 0.6 is 11.3 Å². The number of carbonyl (C=O) groups is 1. The number of phenolic OH excluding ortho intramolecular Hbond substituents is 1. The molecule has 0 aliphatic heterocycles. The second kappa shape index (κ2) is 5.92. The maximum absolute atomic E-state index is 13.9. The van der Waals surface area contributed by atoms with E-state index in [0.717, 1.165) is 23.5 Å². The Bertz CT molecular complexity index is 908. The number of halogens is 2. The highest BCUT2D eigenvalue weighted by molar-refractivity contribution is 7.16. The lowest BCUT2D eigenvalue weighted by Gasteiger charge is -2.06. The molecule has 0 saturated heterocycles. The SMILES string of the molecule is CCOC(=O)c1cnc(-c2cc(O)c3cc(F)cc(F)c3c2)s1. The fourth-order valence-electron chi connectivity index (χ4n) is 2.19. The molecule has 1 heterocycles. The predicted molar refractivity (Wildman–Crippen MR) is 82.6 cm³/mol. The number of phenols is 1. The Morgan fingerprint density at radius 2 is 2.04 bits per heavy atom. The maximum atomic E-state index is 13.9. The second-order valence-corrected chi connectivity index (χ2v) is 5.76. The van der Waals surface area contributed by atoms with Gasteiger partial charge in [-0.2, -0.15) is 0 Å². The number of carbonyl (C=O) groups excluding carboxylic acids is 1. The van der Waals surface area contributed by atoms with E-state index >= 15 is 0 Å². The average Bonchev–Trinajstić information content (AvgIpc) is 2.98. The zero-order valence-corrected chi connectivity index (χ0v) is 12.8. The lowest BCUT2D eigenvalue weighted by Crippen LogP contribution is -2.01. The van der Waals surface area contributed by atoms with Crippen molar-refractivity contribution in [3.05, 3.63) is 47.0 Å². The minimum Gasteiger partial charge on any atom is -0.507 e. The third kappa shape index (κ3) is 2.87. The smallest absolute Gasteiger partial charge is 0.349 e. The van der Waals surface area contributed by atoms with Gasteiger partial charge in [0.2, 0.25) is 0 Å². The Labute approximate surface area is 134 Å². The van der Waals surface area contributed by atoms with E-state index in [2.05, 4.69) is 4.98 Å². The highest BCUT2D eigenvalue weighted by atomic mass is 32.1. The van der Waals surface area contributed by atoms with Crippen LogP contribution in [0.25, 0.3) is 21.3 Å². The minimum atomic E-state index is -0.778. The molecule has 2 aromatic carbocycles. The summed E-state index contributed by atoms with van der Waals surface area (Å²) in [5, 5.41) is 10.6. The van der Waals surface area contributed by atoms with E-state index in [-0.39, 0.29) is 23.1 Å². The van der Waals surface area contributed by atoms with E-state index in [1.807, 2.05) is 0 Å².